The fraction of sp³-hybridized carbons (Fsp3) is 0.500. The summed E-state index contributed by atoms with van der Waals surface area (Å²) in [5.74, 6) is 2.15. The fourth-order valence-electron chi connectivity index (χ4n) is 3.12. The highest BCUT2D eigenvalue weighted by Gasteiger charge is 2.30. The van der Waals surface area contributed by atoms with E-state index in [4.69, 9.17) is 0 Å². The van der Waals surface area contributed by atoms with E-state index in [0.29, 0.717) is 11.8 Å². The van der Waals surface area contributed by atoms with E-state index < -0.39 is 0 Å². The molecule has 2 rings (SSSR count). The molecule has 1 N–H and O–H groups in total. The Morgan fingerprint density at radius 3 is 2.48 bits per heavy atom. The number of imidazole rings is 1. The van der Waals surface area contributed by atoms with Crippen LogP contribution in [0.5, 0.6) is 0 Å². The van der Waals surface area contributed by atoms with Crippen molar-refractivity contribution in [2.75, 3.05) is 7.05 Å². The van der Waals surface area contributed by atoms with E-state index in [-0.39, 0.29) is 6.04 Å². The summed E-state index contributed by atoms with van der Waals surface area (Å²) in [6.07, 6.45) is 5.13. The van der Waals surface area contributed by atoms with Crippen molar-refractivity contribution in [1.29, 1.82) is 0 Å². The summed E-state index contributed by atoms with van der Waals surface area (Å²) in [4.78, 5) is 4.62. The maximum Gasteiger partial charge on any atom is 0.126 e. The minimum atomic E-state index is 0.234. The smallest absolute Gasteiger partial charge is 0.126 e. The summed E-state index contributed by atoms with van der Waals surface area (Å²) in [6.45, 7) is 7.72. The van der Waals surface area contributed by atoms with Crippen LogP contribution >= 0.6 is 0 Å². The van der Waals surface area contributed by atoms with Gasteiger partial charge in [-0.1, -0.05) is 50.6 Å². The molecule has 3 unspecified atom stereocenters. The Hall–Kier alpha value is -1.61. The van der Waals surface area contributed by atoms with Gasteiger partial charge in [0.2, 0.25) is 0 Å². The molecule has 0 radical (unpaired) electrons. The molecule has 1 aromatic carbocycles. The van der Waals surface area contributed by atoms with Crippen molar-refractivity contribution in [2.45, 2.75) is 45.7 Å². The molecule has 0 saturated heterocycles. The SMILES string of the molecule is CCC(C)C(c1ccccc1)C(NC)c1nccn1CC. The zero-order valence-corrected chi connectivity index (χ0v) is 13.6. The highest BCUT2D eigenvalue weighted by atomic mass is 15.1. The predicted octanol–water partition coefficient (Wildman–Crippen LogP) is 3.99. The average Bonchev–Trinajstić information content (AvgIpc) is 3.00. The minimum absolute atomic E-state index is 0.234. The lowest BCUT2D eigenvalue weighted by Gasteiger charge is -2.31. The highest BCUT2D eigenvalue weighted by Crippen LogP contribution is 2.37. The summed E-state index contributed by atoms with van der Waals surface area (Å²) in [5, 5.41) is 3.51. The Kier molecular flexibility index (Phi) is 5.57. The molecule has 0 aliphatic carbocycles. The molecule has 0 bridgehead atoms. The van der Waals surface area contributed by atoms with Gasteiger partial charge >= 0.3 is 0 Å². The van der Waals surface area contributed by atoms with Gasteiger partial charge in [0.1, 0.15) is 5.82 Å². The summed E-state index contributed by atoms with van der Waals surface area (Å²) >= 11 is 0. The Balaban J connectivity index is 2.43. The summed E-state index contributed by atoms with van der Waals surface area (Å²) in [7, 11) is 2.04. The second-order valence-electron chi connectivity index (χ2n) is 5.66. The van der Waals surface area contributed by atoms with Crippen LogP contribution in [0.15, 0.2) is 42.7 Å². The van der Waals surface area contributed by atoms with Crippen molar-refractivity contribution >= 4 is 0 Å². The van der Waals surface area contributed by atoms with Gasteiger partial charge in [-0.05, 0) is 25.5 Å². The second kappa shape index (κ2) is 7.41. The maximum absolute atomic E-state index is 4.62. The molecule has 114 valence electrons. The van der Waals surface area contributed by atoms with E-state index >= 15 is 0 Å². The Bertz CT molecular complexity index is 532. The van der Waals surface area contributed by atoms with Gasteiger partial charge in [0.25, 0.3) is 0 Å². The Morgan fingerprint density at radius 2 is 1.90 bits per heavy atom. The molecule has 0 aliphatic heterocycles. The summed E-state index contributed by atoms with van der Waals surface area (Å²) in [6, 6.07) is 11.0. The van der Waals surface area contributed by atoms with E-state index in [1.54, 1.807) is 0 Å². The van der Waals surface area contributed by atoms with Crippen LogP contribution in [0.3, 0.4) is 0 Å². The standard InChI is InChI=1S/C18H27N3/c1-5-14(3)16(15-10-8-7-9-11-15)17(19-4)18-20-12-13-21(18)6-2/h7-14,16-17,19H,5-6H2,1-4H3. The zero-order chi connectivity index (χ0) is 15.2. The number of rotatable bonds is 7. The molecule has 0 spiro atoms. The normalized spacial score (nSPS) is 15.6. The van der Waals surface area contributed by atoms with Gasteiger partial charge in [-0.3, -0.25) is 0 Å². The third kappa shape index (κ3) is 3.35. The molecule has 2 aromatic rings. The van der Waals surface area contributed by atoms with Crippen molar-refractivity contribution in [3.8, 4) is 0 Å². The van der Waals surface area contributed by atoms with Gasteiger partial charge in [0.05, 0.1) is 6.04 Å². The molecule has 1 aromatic heterocycles. The molecule has 0 amide bonds. The number of benzene rings is 1. The topological polar surface area (TPSA) is 29.9 Å². The predicted molar refractivity (Wildman–Crippen MR) is 88.3 cm³/mol. The number of nitrogens with zero attached hydrogens (tertiary/aromatic N) is 2. The minimum Gasteiger partial charge on any atom is -0.334 e. The number of hydrogen-bond donors (Lipinski definition) is 1. The first-order valence-corrected chi connectivity index (χ1v) is 7.96. The molecule has 3 heteroatoms. The van der Waals surface area contributed by atoms with Gasteiger partial charge in [0, 0.05) is 24.9 Å². The third-order valence-corrected chi connectivity index (χ3v) is 4.48. The zero-order valence-electron chi connectivity index (χ0n) is 13.6. The summed E-state index contributed by atoms with van der Waals surface area (Å²) in [5.41, 5.74) is 1.39. The van der Waals surface area contributed by atoms with Crippen LogP contribution < -0.4 is 5.32 Å². The molecule has 0 saturated carbocycles. The van der Waals surface area contributed by atoms with Gasteiger partial charge in [-0.15, -0.1) is 0 Å². The first-order chi connectivity index (χ1) is 10.2. The quantitative estimate of drug-likeness (QED) is 0.833. The van der Waals surface area contributed by atoms with Crippen molar-refractivity contribution in [3.05, 3.63) is 54.1 Å². The molecule has 1 heterocycles. The van der Waals surface area contributed by atoms with Crippen molar-refractivity contribution < 1.29 is 0 Å². The molecular weight excluding hydrogens is 258 g/mol. The van der Waals surface area contributed by atoms with Crippen LogP contribution in [-0.4, -0.2) is 16.6 Å². The van der Waals surface area contributed by atoms with E-state index in [2.05, 4.69) is 72.2 Å². The molecule has 0 fully saturated rings. The van der Waals surface area contributed by atoms with Crippen LogP contribution in [0, 0.1) is 5.92 Å². The second-order valence-corrected chi connectivity index (χ2v) is 5.66. The largest absolute Gasteiger partial charge is 0.334 e. The molecular formula is C18H27N3. The molecule has 3 atom stereocenters. The highest BCUT2D eigenvalue weighted by molar-refractivity contribution is 5.24. The van der Waals surface area contributed by atoms with Crippen LogP contribution in [0.1, 0.15) is 50.5 Å². The maximum atomic E-state index is 4.62. The number of nitrogens with one attached hydrogen (secondary N) is 1. The van der Waals surface area contributed by atoms with Crippen LogP contribution in [0.4, 0.5) is 0 Å². The molecule has 0 aliphatic rings. The number of hydrogen-bond acceptors (Lipinski definition) is 2. The number of likely N-dealkylation sites (N-methyl/N-ethyl adjacent to an activating group) is 1. The van der Waals surface area contributed by atoms with Gasteiger partial charge in [-0.25, -0.2) is 4.98 Å². The lowest BCUT2D eigenvalue weighted by Crippen LogP contribution is -2.30. The number of aryl methyl sites for hydroxylation is 1. The lowest BCUT2D eigenvalue weighted by molar-refractivity contribution is 0.337. The fourth-order valence-corrected chi connectivity index (χ4v) is 3.12. The monoisotopic (exact) mass is 285 g/mol. The Morgan fingerprint density at radius 1 is 1.19 bits per heavy atom. The van der Waals surface area contributed by atoms with E-state index in [9.17, 15) is 0 Å². The van der Waals surface area contributed by atoms with E-state index in [1.807, 2.05) is 13.2 Å². The average molecular weight is 285 g/mol. The van der Waals surface area contributed by atoms with Gasteiger partial charge < -0.3 is 9.88 Å². The van der Waals surface area contributed by atoms with Crippen molar-refractivity contribution in [2.24, 2.45) is 5.92 Å². The number of aromatic nitrogens is 2. The first-order valence-electron chi connectivity index (χ1n) is 7.96. The van der Waals surface area contributed by atoms with Gasteiger partial charge in [-0.2, -0.15) is 0 Å². The van der Waals surface area contributed by atoms with Crippen molar-refractivity contribution in [1.82, 2.24) is 14.9 Å². The van der Waals surface area contributed by atoms with Crippen molar-refractivity contribution in [3.63, 3.8) is 0 Å². The van der Waals surface area contributed by atoms with E-state index in [0.717, 1.165) is 18.8 Å². The lowest BCUT2D eigenvalue weighted by atomic mass is 9.79. The molecule has 3 nitrogen and oxygen atoms in total. The van der Waals surface area contributed by atoms with E-state index in [1.165, 1.54) is 5.56 Å². The molecule has 21 heavy (non-hydrogen) atoms. The van der Waals surface area contributed by atoms with Crippen LogP contribution in [-0.2, 0) is 6.54 Å². The van der Waals surface area contributed by atoms with Crippen LogP contribution in [0.25, 0.3) is 0 Å². The van der Waals surface area contributed by atoms with Crippen LogP contribution in [0.2, 0.25) is 0 Å². The summed E-state index contributed by atoms with van der Waals surface area (Å²) < 4.78 is 2.24. The Labute approximate surface area is 128 Å². The first kappa shape index (κ1) is 15.8. The van der Waals surface area contributed by atoms with Gasteiger partial charge in [0.15, 0.2) is 0 Å². The third-order valence-electron chi connectivity index (χ3n) is 4.48.